The fourth-order valence-corrected chi connectivity index (χ4v) is 3.93. The first kappa shape index (κ1) is 13.3. The van der Waals surface area contributed by atoms with Crippen LogP contribution in [0.15, 0.2) is 18.6 Å². The summed E-state index contributed by atoms with van der Waals surface area (Å²) in [6.07, 6.45) is 9.10. The topological polar surface area (TPSA) is 65.1 Å². The molecule has 1 N–H and O–H groups in total. The number of aromatic nitrogens is 3. The van der Waals surface area contributed by atoms with Crippen molar-refractivity contribution >= 4 is 22.8 Å². The molecule has 6 nitrogen and oxygen atoms in total. The van der Waals surface area contributed by atoms with Crippen LogP contribution in [-0.4, -0.2) is 50.9 Å². The first-order valence-corrected chi connectivity index (χ1v) is 8.61. The highest BCUT2D eigenvalue weighted by Gasteiger charge is 2.53. The third kappa shape index (κ3) is 2.11. The van der Waals surface area contributed by atoms with E-state index in [9.17, 15) is 4.79 Å². The Morgan fingerprint density at radius 2 is 2.04 bits per heavy atom. The molecule has 0 aromatic carbocycles. The molecule has 120 valence electrons. The van der Waals surface area contributed by atoms with Crippen molar-refractivity contribution in [3.05, 3.63) is 18.6 Å². The summed E-state index contributed by atoms with van der Waals surface area (Å²) in [6.45, 7) is 2.65. The molecule has 1 aliphatic heterocycles. The van der Waals surface area contributed by atoms with Crippen molar-refractivity contribution in [1.82, 2.24) is 19.9 Å². The molecule has 1 saturated heterocycles. The molecule has 5 rings (SSSR count). The summed E-state index contributed by atoms with van der Waals surface area (Å²) in [4.78, 5) is 29.2. The highest BCUT2D eigenvalue weighted by molar-refractivity contribution is 5.87. The lowest BCUT2D eigenvalue weighted by Gasteiger charge is -2.29. The number of fused-ring (bicyclic) bond motifs is 1. The second-order valence-electron chi connectivity index (χ2n) is 7.16. The normalized spacial score (nSPS) is 23.3. The molecule has 0 radical (unpaired) electrons. The van der Waals surface area contributed by atoms with Crippen molar-refractivity contribution < 1.29 is 4.79 Å². The number of hydrogen-bond donors (Lipinski definition) is 1. The number of hydrogen-bond acceptors (Lipinski definition) is 4. The van der Waals surface area contributed by atoms with E-state index in [1.807, 2.05) is 12.3 Å². The lowest BCUT2D eigenvalue weighted by atomic mass is 10.1. The number of aromatic amines is 1. The maximum atomic E-state index is 12.7. The first-order valence-electron chi connectivity index (χ1n) is 8.61. The Balaban J connectivity index is 1.44. The van der Waals surface area contributed by atoms with Gasteiger partial charge in [-0.15, -0.1) is 0 Å². The van der Waals surface area contributed by atoms with Gasteiger partial charge in [0, 0.05) is 37.3 Å². The Bertz CT molecular complexity index is 761. The quantitative estimate of drug-likeness (QED) is 0.920. The van der Waals surface area contributed by atoms with Crippen LogP contribution in [0, 0.1) is 5.92 Å². The predicted molar refractivity (Wildman–Crippen MR) is 87.1 cm³/mol. The number of carbonyl (C=O) groups excluding carboxylic acids is 1. The van der Waals surface area contributed by atoms with Crippen molar-refractivity contribution in [2.75, 3.05) is 24.5 Å². The van der Waals surface area contributed by atoms with Gasteiger partial charge in [0.1, 0.15) is 17.8 Å². The van der Waals surface area contributed by atoms with Crippen LogP contribution in [-0.2, 0) is 4.79 Å². The zero-order valence-corrected chi connectivity index (χ0v) is 13.2. The standard InChI is InChI=1S/C17H21N5O/c23-16(12-1-2-12)22-10-9-21(8-6-17(22)4-5-17)15-13-3-7-18-14(13)19-11-20-15/h3,7,11-12H,1-2,4-6,8-10H2,(H,18,19,20). The number of nitrogens with zero attached hydrogens (tertiary/aromatic N) is 4. The van der Waals surface area contributed by atoms with Gasteiger partial charge in [-0.1, -0.05) is 0 Å². The van der Waals surface area contributed by atoms with Crippen LogP contribution in [0.25, 0.3) is 11.0 Å². The Hall–Kier alpha value is -2.11. The van der Waals surface area contributed by atoms with Crippen LogP contribution in [0.3, 0.4) is 0 Å². The number of amides is 1. The average molecular weight is 311 g/mol. The molecule has 0 unspecified atom stereocenters. The van der Waals surface area contributed by atoms with Crippen molar-refractivity contribution in [3.63, 3.8) is 0 Å². The average Bonchev–Trinajstić information content (AvgIpc) is 3.48. The van der Waals surface area contributed by atoms with E-state index in [-0.39, 0.29) is 5.54 Å². The zero-order valence-electron chi connectivity index (χ0n) is 13.2. The molecule has 6 heteroatoms. The Morgan fingerprint density at radius 1 is 1.17 bits per heavy atom. The summed E-state index contributed by atoms with van der Waals surface area (Å²) in [7, 11) is 0. The summed E-state index contributed by atoms with van der Waals surface area (Å²) in [5.74, 6) is 1.71. The van der Waals surface area contributed by atoms with E-state index in [2.05, 4.69) is 24.8 Å². The van der Waals surface area contributed by atoms with Crippen molar-refractivity contribution in [1.29, 1.82) is 0 Å². The van der Waals surface area contributed by atoms with E-state index >= 15 is 0 Å². The molecular weight excluding hydrogens is 290 g/mol. The molecule has 2 saturated carbocycles. The maximum Gasteiger partial charge on any atom is 0.226 e. The van der Waals surface area contributed by atoms with Gasteiger partial charge in [0.15, 0.2) is 0 Å². The van der Waals surface area contributed by atoms with Crippen molar-refractivity contribution in [2.45, 2.75) is 37.6 Å². The Kier molecular flexibility index (Phi) is 2.72. The molecule has 0 bridgehead atoms. The van der Waals surface area contributed by atoms with Crippen LogP contribution in [0.2, 0.25) is 0 Å². The van der Waals surface area contributed by atoms with Gasteiger partial charge in [0.25, 0.3) is 0 Å². The third-order valence-corrected chi connectivity index (χ3v) is 5.67. The fourth-order valence-electron chi connectivity index (χ4n) is 3.93. The molecule has 0 atom stereocenters. The maximum absolute atomic E-state index is 12.7. The molecule has 1 spiro atoms. The molecule has 3 heterocycles. The molecule has 2 aliphatic carbocycles. The number of carbonyl (C=O) groups is 1. The number of rotatable bonds is 2. The first-order chi connectivity index (χ1) is 11.3. The summed E-state index contributed by atoms with van der Waals surface area (Å²) in [5, 5.41) is 1.07. The molecule has 2 aromatic rings. The highest BCUT2D eigenvalue weighted by atomic mass is 16.2. The van der Waals surface area contributed by atoms with E-state index in [0.717, 1.165) is 55.7 Å². The number of H-pyrrole nitrogens is 1. The number of nitrogens with one attached hydrogen (secondary N) is 1. The second kappa shape index (κ2) is 4.69. The van der Waals surface area contributed by atoms with Gasteiger partial charge in [-0.25, -0.2) is 9.97 Å². The summed E-state index contributed by atoms with van der Waals surface area (Å²) >= 11 is 0. The lowest BCUT2D eigenvalue weighted by Crippen LogP contribution is -2.43. The molecular formula is C17H21N5O. The summed E-state index contributed by atoms with van der Waals surface area (Å²) < 4.78 is 0. The van der Waals surface area contributed by atoms with Crippen LogP contribution in [0.4, 0.5) is 5.82 Å². The predicted octanol–water partition coefficient (Wildman–Crippen LogP) is 1.94. The van der Waals surface area contributed by atoms with Gasteiger partial charge in [0.05, 0.1) is 5.39 Å². The smallest absolute Gasteiger partial charge is 0.226 e. The summed E-state index contributed by atoms with van der Waals surface area (Å²) in [6, 6.07) is 2.04. The largest absolute Gasteiger partial charge is 0.354 e. The number of anilines is 1. The van der Waals surface area contributed by atoms with Gasteiger partial charge < -0.3 is 14.8 Å². The van der Waals surface area contributed by atoms with Crippen LogP contribution >= 0.6 is 0 Å². The lowest BCUT2D eigenvalue weighted by molar-refractivity contribution is -0.135. The van der Waals surface area contributed by atoms with Crippen molar-refractivity contribution in [2.24, 2.45) is 5.92 Å². The van der Waals surface area contributed by atoms with E-state index in [1.165, 1.54) is 12.8 Å². The SMILES string of the molecule is O=C(C1CC1)N1CCN(c2ncnc3[nH]ccc23)CCC12CC2. The van der Waals surface area contributed by atoms with Crippen LogP contribution in [0.5, 0.6) is 0 Å². The van der Waals surface area contributed by atoms with Gasteiger partial charge in [0.2, 0.25) is 5.91 Å². The third-order valence-electron chi connectivity index (χ3n) is 5.67. The second-order valence-corrected chi connectivity index (χ2v) is 7.16. The minimum Gasteiger partial charge on any atom is -0.354 e. The molecule has 3 fully saturated rings. The van der Waals surface area contributed by atoms with Gasteiger partial charge in [-0.2, -0.15) is 0 Å². The molecule has 3 aliphatic rings. The monoisotopic (exact) mass is 311 g/mol. The van der Waals surface area contributed by atoms with Crippen LogP contribution < -0.4 is 4.90 Å². The molecule has 23 heavy (non-hydrogen) atoms. The molecule has 2 aromatic heterocycles. The highest BCUT2D eigenvalue weighted by Crippen LogP contribution is 2.48. The van der Waals surface area contributed by atoms with E-state index in [1.54, 1.807) is 6.33 Å². The van der Waals surface area contributed by atoms with Gasteiger partial charge in [-0.05, 0) is 38.2 Å². The van der Waals surface area contributed by atoms with Gasteiger partial charge >= 0.3 is 0 Å². The summed E-state index contributed by atoms with van der Waals surface area (Å²) in [5.41, 5.74) is 1.03. The van der Waals surface area contributed by atoms with Crippen LogP contribution in [0.1, 0.15) is 32.1 Å². The fraction of sp³-hybridized carbons (Fsp3) is 0.588. The zero-order chi connectivity index (χ0) is 15.4. The van der Waals surface area contributed by atoms with E-state index in [0.29, 0.717) is 11.8 Å². The Morgan fingerprint density at radius 3 is 2.83 bits per heavy atom. The van der Waals surface area contributed by atoms with Gasteiger partial charge in [-0.3, -0.25) is 4.79 Å². The Labute approximate surface area is 134 Å². The van der Waals surface area contributed by atoms with E-state index in [4.69, 9.17) is 0 Å². The van der Waals surface area contributed by atoms with E-state index < -0.39 is 0 Å². The molecule has 1 amide bonds. The minimum absolute atomic E-state index is 0.152. The minimum atomic E-state index is 0.152. The van der Waals surface area contributed by atoms with Crippen molar-refractivity contribution in [3.8, 4) is 0 Å².